The van der Waals surface area contributed by atoms with Gasteiger partial charge in [-0.05, 0) is 0 Å². The second-order valence-corrected chi connectivity index (χ2v) is 4.24. The number of H-pyrrole nitrogens is 1. The molecular weight excluding hydrogens is 275 g/mol. The zero-order chi connectivity index (χ0) is 14.9. The van der Waals surface area contributed by atoms with Gasteiger partial charge in [-0.3, -0.25) is 14.3 Å². The molecule has 1 aliphatic rings. The van der Waals surface area contributed by atoms with Crippen LogP contribution in [0.4, 0.5) is 4.39 Å². The predicted octanol–water partition coefficient (Wildman–Crippen LogP) is -1.87. The molecule has 1 aliphatic heterocycles. The molecule has 1 fully saturated rings. The normalized spacial score (nSPS) is 28.2. The second-order valence-electron chi connectivity index (χ2n) is 4.24. The van der Waals surface area contributed by atoms with Crippen molar-refractivity contribution in [2.24, 2.45) is 0 Å². The van der Waals surface area contributed by atoms with Crippen molar-refractivity contribution in [2.45, 2.75) is 25.0 Å². The topological polar surface area (TPSA) is 125 Å². The molecule has 3 atom stereocenters. The van der Waals surface area contributed by atoms with E-state index in [1.54, 1.807) is 0 Å². The van der Waals surface area contributed by atoms with E-state index in [1.807, 2.05) is 4.98 Å². The van der Waals surface area contributed by atoms with Crippen molar-refractivity contribution in [2.75, 3.05) is 6.61 Å². The third-order valence-electron chi connectivity index (χ3n) is 3.05. The number of aliphatic hydroxyl groups is 3. The van der Waals surface area contributed by atoms with Crippen molar-refractivity contribution < 1.29 is 24.4 Å². The van der Waals surface area contributed by atoms with Crippen LogP contribution in [-0.4, -0.2) is 43.7 Å². The van der Waals surface area contributed by atoms with Crippen LogP contribution >= 0.6 is 0 Å². The van der Waals surface area contributed by atoms with Crippen LogP contribution in [0.2, 0.25) is 0 Å². The fraction of sp³-hybridized carbons (Fsp3) is 0.455. The minimum absolute atomic E-state index is 0.0845. The van der Waals surface area contributed by atoms with Crippen LogP contribution in [0.3, 0.4) is 0 Å². The van der Waals surface area contributed by atoms with E-state index >= 15 is 0 Å². The van der Waals surface area contributed by atoms with Crippen LogP contribution in [0.15, 0.2) is 27.7 Å². The Hall–Kier alpha value is -1.81. The first-order valence-electron chi connectivity index (χ1n) is 5.73. The predicted molar refractivity (Wildman–Crippen MR) is 63.4 cm³/mol. The molecule has 0 bridgehead atoms. The molecule has 0 aromatic carbocycles. The fourth-order valence-electron chi connectivity index (χ4n) is 1.98. The Morgan fingerprint density at radius 1 is 1.45 bits per heavy atom. The molecule has 0 amide bonds. The van der Waals surface area contributed by atoms with Crippen LogP contribution < -0.4 is 11.2 Å². The first-order chi connectivity index (χ1) is 9.53. The Kier molecular flexibility index (Phi) is 4.14. The summed E-state index contributed by atoms with van der Waals surface area (Å²) in [5.74, 6) is 0. The Morgan fingerprint density at radius 3 is 2.70 bits per heavy atom. The van der Waals surface area contributed by atoms with E-state index in [-0.39, 0.29) is 17.5 Å². The van der Waals surface area contributed by atoms with Crippen LogP contribution in [-0.2, 0) is 11.3 Å². The number of nitrogens with one attached hydrogen (secondary N) is 1. The van der Waals surface area contributed by atoms with Gasteiger partial charge in [-0.25, -0.2) is 9.18 Å². The highest BCUT2D eigenvalue weighted by atomic mass is 19.1. The molecular formula is C11H13FN2O6. The first-order valence-corrected chi connectivity index (χ1v) is 5.73. The molecule has 8 nitrogen and oxygen atoms in total. The van der Waals surface area contributed by atoms with E-state index < -0.39 is 42.9 Å². The Bertz CT molecular complexity index is 637. The Labute approximate surface area is 111 Å². The third-order valence-corrected chi connectivity index (χ3v) is 3.05. The van der Waals surface area contributed by atoms with E-state index in [0.717, 1.165) is 10.8 Å². The lowest BCUT2D eigenvalue weighted by Gasteiger charge is -2.15. The summed E-state index contributed by atoms with van der Waals surface area (Å²) in [6.07, 6.45) is -2.70. The largest absolute Gasteiger partial charge is 0.394 e. The SMILES string of the molecule is O=c1[nH]c(=O)n([C@@H]2O[C@H](CO)[C@@H](O)C2=CF)cc1CO. The molecule has 0 unspecified atom stereocenters. The van der Waals surface area contributed by atoms with Gasteiger partial charge in [0.1, 0.15) is 12.2 Å². The van der Waals surface area contributed by atoms with Gasteiger partial charge in [0.15, 0.2) is 6.23 Å². The summed E-state index contributed by atoms with van der Waals surface area (Å²) in [4.78, 5) is 25.0. The average molecular weight is 288 g/mol. The second kappa shape index (κ2) is 5.67. The molecule has 4 N–H and O–H groups in total. The summed E-state index contributed by atoms with van der Waals surface area (Å²) in [5.41, 5.74) is -2.03. The Morgan fingerprint density at radius 2 is 2.15 bits per heavy atom. The number of hydrogen-bond acceptors (Lipinski definition) is 6. The van der Waals surface area contributed by atoms with Gasteiger partial charge in [-0.2, -0.15) is 0 Å². The quantitative estimate of drug-likeness (QED) is 0.516. The van der Waals surface area contributed by atoms with Gasteiger partial charge in [0.25, 0.3) is 5.56 Å². The van der Waals surface area contributed by atoms with Crippen LogP contribution in [0.5, 0.6) is 0 Å². The summed E-state index contributed by atoms with van der Waals surface area (Å²) in [5, 5.41) is 27.7. The highest BCUT2D eigenvalue weighted by Gasteiger charge is 2.40. The van der Waals surface area contributed by atoms with Gasteiger partial charge in [-0.1, -0.05) is 0 Å². The van der Waals surface area contributed by atoms with Gasteiger partial charge >= 0.3 is 5.69 Å². The van der Waals surface area contributed by atoms with Crippen molar-refractivity contribution in [3.63, 3.8) is 0 Å². The molecule has 2 heterocycles. The van der Waals surface area contributed by atoms with Crippen molar-refractivity contribution in [1.29, 1.82) is 0 Å². The lowest BCUT2D eigenvalue weighted by molar-refractivity contribution is -0.0449. The Balaban J connectivity index is 2.51. The van der Waals surface area contributed by atoms with Gasteiger partial charge in [0, 0.05) is 11.8 Å². The number of aliphatic hydroxyl groups excluding tert-OH is 3. The zero-order valence-corrected chi connectivity index (χ0v) is 10.2. The number of rotatable bonds is 3. The number of aromatic nitrogens is 2. The average Bonchev–Trinajstić information content (AvgIpc) is 2.75. The van der Waals surface area contributed by atoms with E-state index in [2.05, 4.69) is 0 Å². The lowest BCUT2D eigenvalue weighted by Crippen LogP contribution is -2.34. The smallest absolute Gasteiger partial charge is 0.330 e. The van der Waals surface area contributed by atoms with Crippen LogP contribution in [0.25, 0.3) is 0 Å². The van der Waals surface area contributed by atoms with Crippen molar-refractivity contribution >= 4 is 0 Å². The highest BCUT2D eigenvalue weighted by molar-refractivity contribution is 5.18. The van der Waals surface area contributed by atoms with E-state index in [4.69, 9.17) is 14.9 Å². The number of halogens is 1. The molecule has 110 valence electrons. The summed E-state index contributed by atoms with van der Waals surface area (Å²) in [7, 11) is 0. The monoisotopic (exact) mass is 288 g/mol. The van der Waals surface area contributed by atoms with Crippen molar-refractivity contribution in [3.8, 4) is 0 Å². The maximum atomic E-state index is 12.9. The number of hydrogen-bond donors (Lipinski definition) is 4. The number of ether oxygens (including phenoxy) is 1. The van der Waals surface area contributed by atoms with Crippen molar-refractivity contribution in [1.82, 2.24) is 9.55 Å². The molecule has 1 aromatic heterocycles. The summed E-state index contributed by atoms with van der Waals surface area (Å²) >= 11 is 0. The van der Waals surface area contributed by atoms with Crippen molar-refractivity contribution in [3.05, 3.63) is 44.5 Å². The minimum Gasteiger partial charge on any atom is -0.394 e. The molecule has 2 rings (SSSR count). The summed E-state index contributed by atoms with van der Waals surface area (Å²) < 4.78 is 18.9. The molecule has 0 spiro atoms. The van der Waals surface area contributed by atoms with E-state index in [0.29, 0.717) is 0 Å². The maximum Gasteiger partial charge on any atom is 0.330 e. The van der Waals surface area contributed by atoms with E-state index in [1.165, 1.54) is 0 Å². The minimum atomic E-state index is -1.41. The maximum absolute atomic E-state index is 12.9. The first kappa shape index (κ1) is 14.6. The fourth-order valence-corrected chi connectivity index (χ4v) is 1.98. The standard InChI is InChI=1S/C11H13FN2O6/c12-1-6-8(17)7(4-16)20-10(6)14-2-5(3-15)9(18)13-11(14)19/h1-2,7-8,10,15-17H,3-4H2,(H,13,18,19)/t7-,8+,10-/m1/s1. The zero-order valence-electron chi connectivity index (χ0n) is 10.2. The third kappa shape index (κ3) is 2.31. The van der Waals surface area contributed by atoms with Gasteiger partial charge in [0.2, 0.25) is 0 Å². The van der Waals surface area contributed by atoms with Gasteiger partial charge < -0.3 is 20.1 Å². The molecule has 20 heavy (non-hydrogen) atoms. The molecule has 0 saturated carbocycles. The lowest BCUT2D eigenvalue weighted by atomic mass is 10.1. The van der Waals surface area contributed by atoms with Crippen LogP contribution in [0.1, 0.15) is 11.8 Å². The van der Waals surface area contributed by atoms with Gasteiger partial charge in [0.05, 0.1) is 25.1 Å². The summed E-state index contributed by atoms with van der Waals surface area (Å²) in [6, 6.07) is 0. The molecule has 9 heteroatoms. The number of aromatic amines is 1. The van der Waals surface area contributed by atoms with Gasteiger partial charge in [-0.15, -0.1) is 0 Å². The summed E-state index contributed by atoms with van der Waals surface area (Å²) in [6.45, 7) is -1.19. The molecule has 1 aromatic rings. The molecule has 0 aliphatic carbocycles. The number of nitrogens with zero attached hydrogens (tertiary/aromatic N) is 1. The molecule has 1 saturated heterocycles. The van der Waals surface area contributed by atoms with Crippen LogP contribution in [0, 0.1) is 0 Å². The molecule has 0 radical (unpaired) electrons. The highest BCUT2D eigenvalue weighted by Crippen LogP contribution is 2.33. The van der Waals surface area contributed by atoms with E-state index in [9.17, 15) is 19.1 Å².